The lowest BCUT2D eigenvalue weighted by atomic mass is 9.55. The standard InChI is InChI=1S/C27H34F9NO3/c1-23-10-9-19-18-6-4-17(38)15-16(18)3-5-20(19)21(23)7-8-22(23)39-13-11-37(2)12-14-40-24(25(28,29)30,26(31,32)33)27(34,35)36/h4,6,15,19-22,38H,3,5,7-14H2,1-2H3/t19?,20?,21?,22-,23-/m0/s1. The minimum Gasteiger partial charge on any atom is -0.508 e. The van der Waals surface area contributed by atoms with Gasteiger partial charge < -0.3 is 19.5 Å². The second-order valence-electron chi connectivity index (χ2n) is 11.6. The van der Waals surface area contributed by atoms with Crippen LogP contribution in [0.4, 0.5) is 39.5 Å². The molecule has 0 bridgehead atoms. The lowest BCUT2D eigenvalue weighted by molar-refractivity contribution is -0.457. The summed E-state index contributed by atoms with van der Waals surface area (Å²) >= 11 is 0. The first kappa shape index (κ1) is 31.2. The molecule has 4 rings (SSSR count). The Balaban J connectivity index is 1.30. The van der Waals surface area contributed by atoms with Gasteiger partial charge in [-0.3, -0.25) is 0 Å². The van der Waals surface area contributed by atoms with Gasteiger partial charge >= 0.3 is 24.1 Å². The molecule has 5 atom stereocenters. The Morgan fingerprint density at radius 1 is 0.900 bits per heavy atom. The normalized spacial score (nSPS) is 29.3. The van der Waals surface area contributed by atoms with Gasteiger partial charge in [-0.2, -0.15) is 39.5 Å². The van der Waals surface area contributed by atoms with Crippen LogP contribution in [0.5, 0.6) is 5.75 Å². The fourth-order valence-electron chi connectivity index (χ4n) is 7.34. The van der Waals surface area contributed by atoms with E-state index in [-0.39, 0.29) is 30.4 Å². The summed E-state index contributed by atoms with van der Waals surface area (Å²) in [4.78, 5) is 1.28. The van der Waals surface area contributed by atoms with Crippen molar-refractivity contribution in [3.05, 3.63) is 29.3 Å². The highest BCUT2D eigenvalue weighted by molar-refractivity contribution is 5.40. The summed E-state index contributed by atoms with van der Waals surface area (Å²) < 4.78 is 127. The number of hydrogen-bond donors (Lipinski definition) is 1. The van der Waals surface area contributed by atoms with Crippen LogP contribution in [0.1, 0.15) is 56.1 Å². The summed E-state index contributed by atoms with van der Waals surface area (Å²) in [6.07, 6.45) is -14.6. The van der Waals surface area contributed by atoms with Gasteiger partial charge in [0.1, 0.15) is 5.75 Å². The predicted molar refractivity (Wildman–Crippen MR) is 127 cm³/mol. The van der Waals surface area contributed by atoms with Crippen molar-refractivity contribution < 1.29 is 54.1 Å². The molecule has 0 saturated heterocycles. The lowest BCUT2D eigenvalue weighted by Crippen LogP contribution is -2.68. The molecule has 0 spiro atoms. The Bertz CT molecular complexity index is 1010. The van der Waals surface area contributed by atoms with E-state index < -0.39 is 37.3 Å². The second kappa shape index (κ2) is 10.8. The molecule has 3 aliphatic rings. The first-order valence-electron chi connectivity index (χ1n) is 13.4. The molecule has 0 aliphatic heterocycles. The Hall–Kier alpha value is -1.73. The molecule has 0 heterocycles. The number of benzene rings is 1. The van der Waals surface area contributed by atoms with Crippen LogP contribution < -0.4 is 0 Å². The van der Waals surface area contributed by atoms with Gasteiger partial charge in [-0.1, -0.05) is 13.0 Å². The number of aromatic hydroxyl groups is 1. The minimum atomic E-state index is -6.74. The fraction of sp³-hybridized carbons (Fsp3) is 0.778. The predicted octanol–water partition coefficient (Wildman–Crippen LogP) is 7.01. The molecule has 0 amide bonds. The highest BCUT2D eigenvalue weighted by Gasteiger charge is 2.85. The van der Waals surface area contributed by atoms with Crippen molar-refractivity contribution in [2.24, 2.45) is 17.3 Å². The monoisotopic (exact) mass is 591 g/mol. The van der Waals surface area contributed by atoms with E-state index in [1.165, 1.54) is 23.1 Å². The Morgan fingerprint density at radius 2 is 1.52 bits per heavy atom. The fourth-order valence-corrected chi connectivity index (χ4v) is 7.34. The molecule has 2 saturated carbocycles. The zero-order valence-electron chi connectivity index (χ0n) is 22.2. The summed E-state index contributed by atoms with van der Waals surface area (Å²) in [7, 11) is 1.37. The van der Waals surface area contributed by atoms with E-state index in [1.54, 1.807) is 6.07 Å². The average molecular weight is 592 g/mol. The van der Waals surface area contributed by atoms with Crippen LogP contribution in [0.15, 0.2) is 18.2 Å². The van der Waals surface area contributed by atoms with Crippen molar-refractivity contribution >= 4 is 0 Å². The van der Waals surface area contributed by atoms with Crippen LogP contribution in [-0.4, -0.2) is 73.6 Å². The van der Waals surface area contributed by atoms with Gasteiger partial charge in [0.2, 0.25) is 0 Å². The molecule has 1 aromatic carbocycles. The third-order valence-corrected chi connectivity index (χ3v) is 9.40. The third kappa shape index (κ3) is 5.42. The number of nitrogens with zero attached hydrogens (tertiary/aromatic N) is 1. The molecule has 4 nitrogen and oxygen atoms in total. The van der Waals surface area contributed by atoms with Crippen molar-refractivity contribution in [1.82, 2.24) is 4.90 Å². The first-order chi connectivity index (χ1) is 18.4. The number of phenols is 1. The molecule has 1 aromatic rings. The zero-order valence-corrected chi connectivity index (χ0v) is 22.2. The van der Waals surface area contributed by atoms with E-state index in [2.05, 4.69) is 11.7 Å². The van der Waals surface area contributed by atoms with Crippen LogP contribution in [0.25, 0.3) is 0 Å². The number of likely N-dealkylation sites (N-methyl/N-ethyl adjacent to an activating group) is 1. The van der Waals surface area contributed by atoms with Gasteiger partial charge in [0.15, 0.2) is 0 Å². The number of alkyl halides is 9. The van der Waals surface area contributed by atoms with Crippen molar-refractivity contribution in [2.75, 3.05) is 33.4 Å². The maximum absolute atomic E-state index is 13.0. The first-order valence-corrected chi connectivity index (χ1v) is 13.4. The van der Waals surface area contributed by atoms with Crippen molar-refractivity contribution in [3.8, 4) is 5.75 Å². The number of rotatable bonds is 8. The van der Waals surface area contributed by atoms with Gasteiger partial charge in [-0.05, 0) is 92.0 Å². The van der Waals surface area contributed by atoms with Crippen LogP contribution in [0, 0.1) is 17.3 Å². The average Bonchev–Trinajstić information content (AvgIpc) is 3.15. The number of aryl methyl sites for hydroxylation is 1. The molecule has 0 aromatic heterocycles. The quantitative estimate of drug-likeness (QED) is 0.331. The number of ether oxygens (including phenoxy) is 2. The van der Waals surface area contributed by atoms with E-state index >= 15 is 0 Å². The topological polar surface area (TPSA) is 41.9 Å². The molecule has 3 aliphatic carbocycles. The molecule has 13 heteroatoms. The van der Waals surface area contributed by atoms with Crippen molar-refractivity contribution in [2.45, 2.75) is 81.6 Å². The Morgan fingerprint density at radius 3 is 2.15 bits per heavy atom. The molecule has 2 fully saturated rings. The summed E-state index contributed by atoms with van der Waals surface area (Å²) in [5, 5.41) is 9.85. The minimum absolute atomic E-state index is 0.0716. The molecule has 0 radical (unpaired) electrons. The SMILES string of the molecule is CN(CCO[C@H]1CCC2C3CCc4cc(O)ccc4C3CC[C@@]21C)CCOC(C(F)(F)F)(C(F)(F)F)C(F)(F)F. The molecular weight excluding hydrogens is 557 g/mol. The Kier molecular flexibility index (Phi) is 8.45. The summed E-state index contributed by atoms with van der Waals surface area (Å²) in [6, 6.07) is 5.60. The summed E-state index contributed by atoms with van der Waals surface area (Å²) in [5.41, 5.74) is -3.84. The maximum Gasteiger partial charge on any atom is 0.435 e. The zero-order chi connectivity index (χ0) is 29.7. The molecule has 228 valence electrons. The Labute approximate surface area is 226 Å². The van der Waals surface area contributed by atoms with Crippen LogP contribution in [0.3, 0.4) is 0 Å². The van der Waals surface area contributed by atoms with E-state index in [4.69, 9.17) is 4.74 Å². The maximum atomic E-state index is 13.0. The molecule has 3 unspecified atom stereocenters. The molecule has 40 heavy (non-hydrogen) atoms. The van der Waals surface area contributed by atoms with E-state index in [0.29, 0.717) is 17.8 Å². The number of fused-ring (bicyclic) bond motifs is 5. The number of phenolic OH excluding ortho intramolecular Hbond substituents is 1. The van der Waals surface area contributed by atoms with Gasteiger partial charge in [0, 0.05) is 13.1 Å². The molecule has 1 N–H and O–H groups in total. The van der Waals surface area contributed by atoms with Crippen molar-refractivity contribution in [1.29, 1.82) is 0 Å². The van der Waals surface area contributed by atoms with Gasteiger partial charge in [-0.15, -0.1) is 0 Å². The second-order valence-corrected chi connectivity index (χ2v) is 11.6. The van der Waals surface area contributed by atoms with Gasteiger partial charge in [0.25, 0.3) is 0 Å². The van der Waals surface area contributed by atoms with Crippen molar-refractivity contribution in [3.63, 3.8) is 0 Å². The smallest absolute Gasteiger partial charge is 0.435 e. The largest absolute Gasteiger partial charge is 0.508 e. The highest BCUT2D eigenvalue weighted by Crippen LogP contribution is 2.61. The molecular formula is C27H34F9NO3. The third-order valence-electron chi connectivity index (χ3n) is 9.40. The number of halogens is 9. The van der Waals surface area contributed by atoms with Gasteiger partial charge in [-0.25, -0.2) is 0 Å². The van der Waals surface area contributed by atoms with Crippen LogP contribution in [0.2, 0.25) is 0 Å². The van der Waals surface area contributed by atoms with E-state index in [1.807, 2.05) is 12.1 Å². The van der Waals surface area contributed by atoms with E-state index in [9.17, 15) is 44.6 Å². The highest BCUT2D eigenvalue weighted by atomic mass is 19.4. The van der Waals surface area contributed by atoms with Gasteiger partial charge in [0.05, 0.1) is 19.3 Å². The lowest BCUT2D eigenvalue weighted by Gasteiger charge is -2.50. The van der Waals surface area contributed by atoms with Crippen LogP contribution >= 0.6 is 0 Å². The summed E-state index contributed by atoms with van der Waals surface area (Å²) in [6.45, 7) is 0.418. The summed E-state index contributed by atoms with van der Waals surface area (Å²) in [5.74, 6) is 1.61. The number of hydrogen-bond acceptors (Lipinski definition) is 4. The van der Waals surface area contributed by atoms with E-state index in [0.717, 1.165) is 38.5 Å². The van der Waals surface area contributed by atoms with Crippen LogP contribution in [-0.2, 0) is 15.9 Å².